The van der Waals surface area contributed by atoms with E-state index < -0.39 is 6.67 Å². The van der Waals surface area contributed by atoms with E-state index in [1.54, 1.807) is 6.07 Å². The first-order valence-electron chi connectivity index (χ1n) is 4.04. The summed E-state index contributed by atoms with van der Waals surface area (Å²) in [6.07, 6.45) is 0. The maximum atomic E-state index is 12.2. The number of nitriles is 1. The molecule has 0 atom stereocenters. The molecule has 0 aliphatic carbocycles. The highest BCUT2D eigenvalue weighted by Crippen LogP contribution is 2.24. The van der Waals surface area contributed by atoms with Gasteiger partial charge in [0.15, 0.2) is 0 Å². The number of nitrogens with zero attached hydrogens (tertiary/aromatic N) is 3. The molecule has 0 unspecified atom stereocenters. The van der Waals surface area contributed by atoms with E-state index >= 15 is 0 Å². The Kier molecular flexibility index (Phi) is 3.72. The molecule has 0 saturated carbocycles. The van der Waals surface area contributed by atoms with Crippen LogP contribution < -0.4 is 0 Å². The first kappa shape index (κ1) is 10.8. The highest BCUT2D eigenvalue weighted by Gasteiger charge is 2.08. The maximum Gasteiger partial charge on any atom is 0.138 e. The number of rotatable bonds is 4. The van der Waals surface area contributed by atoms with E-state index in [1.807, 2.05) is 12.3 Å². The average molecular weight is 211 g/mol. The lowest BCUT2D eigenvalue weighted by Gasteiger charge is -2.03. The molecule has 0 N–H and O–H groups in total. The van der Waals surface area contributed by atoms with Crippen LogP contribution >= 0.6 is 11.8 Å². The third-order valence-corrected chi connectivity index (χ3v) is 2.20. The van der Waals surface area contributed by atoms with E-state index in [0.29, 0.717) is 10.6 Å². The summed E-state index contributed by atoms with van der Waals surface area (Å²) in [5.74, 6) is 0. The summed E-state index contributed by atoms with van der Waals surface area (Å²) in [4.78, 5) is 0.599. The average Bonchev–Trinajstić information content (AvgIpc) is 2.48. The number of hydrogen-bond donors (Lipinski definition) is 0. The topological polar surface area (TPSA) is 41.6 Å². The van der Waals surface area contributed by atoms with Crippen LogP contribution in [0, 0.1) is 17.6 Å². The number of thioether (sulfide) groups is 1. The minimum Gasteiger partial charge on any atom is -0.261 e. The van der Waals surface area contributed by atoms with Gasteiger partial charge in [-0.25, -0.2) is 4.39 Å². The van der Waals surface area contributed by atoms with Crippen molar-refractivity contribution in [2.24, 2.45) is 0 Å². The lowest BCUT2D eigenvalue weighted by atomic mass is 10.3. The monoisotopic (exact) mass is 211 g/mol. The molecule has 0 aliphatic rings. The molecule has 1 rings (SSSR count). The quantitative estimate of drug-likeness (QED) is 0.718. The normalized spacial score (nSPS) is 9.79. The second-order valence-electron chi connectivity index (χ2n) is 2.70. The second kappa shape index (κ2) is 4.82. The van der Waals surface area contributed by atoms with Crippen LogP contribution in [0.2, 0.25) is 0 Å². The van der Waals surface area contributed by atoms with Crippen LogP contribution in [0.4, 0.5) is 4.39 Å². The van der Waals surface area contributed by atoms with Crippen LogP contribution in [-0.2, 0) is 6.54 Å². The van der Waals surface area contributed by atoms with Crippen LogP contribution in [0.5, 0.6) is 0 Å². The van der Waals surface area contributed by atoms with Gasteiger partial charge in [0.2, 0.25) is 0 Å². The van der Waals surface area contributed by atoms with Gasteiger partial charge in [0.05, 0.1) is 17.9 Å². The maximum absolute atomic E-state index is 12.2. The third-order valence-electron chi connectivity index (χ3n) is 1.65. The van der Waals surface area contributed by atoms with E-state index in [2.05, 4.69) is 11.7 Å². The number of thiocyanates is 1. The summed E-state index contributed by atoms with van der Waals surface area (Å²) in [6.45, 7) is 5.28. The van der Waals surface area contributed by atoms with Crippen LogP contribution in [0.15, 0.2) is 12.6 Å². The molecule has 1 aromatic heterocycles. The predicted octanol–water partition coefficient (Wildman–Crippen LogP) is 2.35. The zero-order chi connectivity index (χ0) is 10.6. The molecule has 1 aromatic rings. The first-order chi connectivity index (χ1) is 6.69. The number of hydrogen-bond acceptors (Lipinski definition) is 3. The molecular weight excluding hydrogens is 201 g/mol. The third kappa shape index (κ3) is 2.36. The molecule has 3 nitrogen and oxygen atoms in total. The highest BCUT2D eigenvalue weighted by atomic mass is 32.2. The van der Waals surface area contributed by atoms with Crippen molar-refractivity contribution >= 4 is 16.7 Å². The van der Waals surface area contributed by atoms with Gasteiger partial charge in [0, 0.05) is 4.91 Å². The van der Waals surface area contributed by atoms with E-state index in [9.17, 15) is 4.39 Å². The van der Waals surface area contributed by atoms with E-state index in [0.717, 1.165) is 17.5 Å². The molecule has 0 fully saturated rings. The molecule has 0 saturated heterocycles. The molecule has 14 heavy (non-hydrogen) atoms. The Morgan fingerprint density at radius 3 is 3.14 bits per heavy atom. The summed E-state index contributed by atoms with van der Waals surface area (Å²) in [5, 5.41) is 14.5. The lowest BCUT2D eigenvalue weighted by Crippen LogP contribution is -2.05. The molecule has 74 valence electrons. The Morgan fingerprint density at radius 1 is 1.86 bits per heavy atom. The molecule has 0 spiro atoms. The van der Waals surface area contributed by atoms with Crippen LogP contribution in [0.25, 0.3) is 4.91 Å². The van der Waals surface area contributed by atoms with Crippen molar-refractivity contribution in [3.8, 4) is 5.40 Å². The van der Waals surface area contributed by atoms with Crippen molar-refractivity contribution in [1.29, 1.82) is 5.26 Å². The smallest absolute Gasteiger partial charge is 0.138 e. The van der Waals surface area contributed by atoms with Gasteiger partial charge in [0.25, 0.3) is 0 Å². The Bertz CT molecular complexity index is 378. The number of alkyl halides is 1. The van der Waals surface area contributed by atoms with Gasteiger partial charge in [-0.15, -0.1) is 0 Å². The van der Waals surface area contributed by atoms with Crippen molar-refractivity contribution in [1.82, 2.24) is 9.78 Å². The SMILES string of the molecule is C=C(SC#N)c1cc(C)nn1CCF. The van der Waals surface area contributed by atoms with Gasteiger partial charge in [-0.05, 0) is 24.8 Å². The Hall–Kier alpha value is -1.28. The van der Waals surface area contributed by atoms with Gasteiger partial charge in [-0.1, -0.05) is 6.58 Å². The van der Waals surface area contributed by atoms with Crippen LogP contribution in [-0.4, -0.2) is 16.5 Å². The van der Waals surface area contributed by atoms with Gasteiger partial charge in [-0.2, -0.15) is 10.4 Å². The van der Waals surface area contributed by atoms with E-state index in [1.165, 1.54) is 4.68 Å². The summed E-state index contributed by atoms with van der Waals surface area (Å²) >= 11 is 0.966. The van der Waals surface area contributed by atoms with Crippen molar-refractivity contribution in [3.63, 3.8) is 0 Å². The van der Waals surface area contributed by atoms with Gasteiger partial charge >= 0.3 is 0 Å². The molecular formula is C9H10FN3S. The zero-order valence-electron chi connectivity index (χ0n) is 7.83. The molecule has 5 heteroatoms. The van der Waals surface area contributed by atoms with Crippen molar-refractivity contribution in [3.05, 3.63) is 24.0 Å². The summed E-state index contributed by atoms with van der Waals surface area (Å²) in [7, 11) is 0. The fourth-order valence-electron chi connectivity index (χ4n) is 1.13. The van der Waals surface area contributed by atoms with Gasteiger partial charge in [-0.3, -0.25) is 4.68 Å². The molecule has 0 aliphatic heterocycles. The molecule has 0 radical (unpaired) electrons. The fraction of sp³-hybridized carbons (Fsp3) is 0.333. The van der Waals surface area contributed by atoms with Crippen molar-refractivity contribution in [2.75, 3.05) is 6.67 Å². The summed E-state index contributed by atoms with van der Waals surface area (Å²) in [5.41, 5.74) is 1.51. The number of halogens is 1. The Balaban J connectivity index is 2.95. The molecule has 0 amide bonds. The van der Waals surface area contributed by atoms with Crippen molar-refractivity contribution in [2.45, 2.75) is 13.5 Å². The Labute approximate surface area is 86.2 Å². The Morgan fingerprint density at radius 2 is 2.57 bits per heavy atom. The minimum atomic E-state index is -0.474. The van der Waals surface area contributed by atoms with Gasteiger partial charge < -0.3 is 0 Å². The second-order valence-corrected chi connectivity index (χ2v) is 3.58. The summed E-state index contributed by atoms with van der Waals surface area (Å²) < 4.78 is 13.7. The first-order valence-corrected chi connectivity index (χ1v) is 4.86. The number of aromatic nitrogens is 2. The number of aryl methyl sites for hydroxylation is 2. The molecule has 1 heterocycles. The van der Waals surface area contributed by atoms with Crippen LogP contribution in [0.3, 0.4) is 0 Å². The largest absolute Gasteiger partial charge is 0.261 e. The minimum absolute atomic E-state index is 0.203. The van der Waals surface area contributed by atoms with Gasteiger partial charge in [0.1, 0.15) is 12.1 Å². The lowest BCUT2D eigenvalue weighted by molar-refractivity contribution is 0.425. The fourth-order valence-corrected chi connectivity index (χ4v) is 1.51. The predicted molar refractivity (Wildman–Crippen MR) is 55.2 cm³/mol. The zero-order valence-corrected chi connectivity index (χ0v) is 8.64. The molecule has 0 aromatic carbocycles. The van der Waals surface area contributed by atoms with E-state index in [-0.39, 0.29) is 6.54 Å². The highest BCUT2D eigenvalue weighted by molar-refractivity contribution is 8.12. The standard InChI is InChI=1S/C9H10FN3S/c1-7-5-9(8(2)14-6-11)13(12-7)4-3-10/h5H,2-4H2,1H3. The summed E-state index contributed by atoms with van der Waals surface area (Å²) in [6, 6.07) is 1.79. The van der Waals surface area contributed by atoms with Crippen LogP contribution in [0.1, 0.15) is 11.4 Å². The van der Waals surface area contributed by atoms with Crippen molar-refractivity contribution < 1.29 is 4.39 Å². The van der Waals surface area contributed by atoms with E-state index in [4.69, 9.17) is 5.26 Å². The molecule has 0 bridgehead atoms.